The molecular formula is C29H36ClN5O2S. The number of para-hydroxylation sites is 1. The molecule has 2 aliphatic heterocycles. The predicted molar refractivity (Wildman–Crippen MR) is 155 cm³/mol. The molecule has 2 saturated heterocycles. The number of hydrogen-bond donors (Lipinski definition) is 2. The van der Waals surface area contributed by atoms with Crippen molar-refractivity contribution >= 4 is 40.2 Å². The lowest BCUT2D eigenvalue weighted by molar-refractivity contribution is -0.134. The second kappa shape index (κ2) is 12.2. The summed E-state index contributed by atoms with van der Waals surface area (Å²) in [6, 6.07) is 14.6. The second-order valence-electron chi connectivity index (χ2n) is 10.6. The van der Waals surface area contributed by atoms with E-state index >= 15 is 0 Å². The van der Waals surface area contributed by atoms with E-state index in [2.05, 4.69) is 10.2 Å². The third kappa shape index (κ3) is 5.93. The van der Waals surface area contributed by atoms with E-state index in [1.807, 2.05) is 30.3 Å². The monoisotopic (exact) mass is 553 g/mol. The molecule has 3 aromatic rings. The van der Waals surface area contributed by atoms with Gasteiger partial charge in [0.1, 0.15) is 0 Å². The molecule has 2 atom stereocenters. The highest BCUT2D eigenvalue weighted by Gasteiger charge is 2.39. The number of nitrogens with two attached hydrogens (primary N) is 1. The minimum atomic E-state index is -0.355. The number of rotatable bonds is 8. The maximum absolute atomic E-state index is 14.1. The first-order chi connectivity index (χ1) is 18.5. The highest BCUT2D eigenvalue weighted by Crippen LogP contribution is 2.38. The Labute approximate surface area is 233 Å². The highest BCUT2D eigenvalue weighted by molar-refractivity contribution is 8.00. The topological polar surface area (TPSA) is 93.2 Å². The number of nitrogens with one attached hydrogen (secondary N) is 1. The maximum atomic E-state index is 14.1. The number of unbranched alkanes of at least 4 members (excludes halogenated alkanes) is 1. The lowest BCUT2D eigenvalue weighted by atomic mass is 9.74. The predicted octanol–water partition coefficient (Wildman–Crippen LogP) is 4.62. The number of fused-ring (bicyclic) bond motifs is 1. The molecule has 0 bridgehead atoms. The summed E-state index contributed by atoms with van der Waals surface area (Å²) in [5.74, 6) is 0.136. The van der Waals surface area contributed by atoms with Gasteiger partial charge in [-0.1, -0.05) is 48.0 Å². The Kier molecular flexibility index (Phi) is 8.73. The van der Waals surface area contributed by atoms with Crippen molar-refractivity contribution in [2.75, 3.05) is 32.7 Å². The van der Waals surface area contributed by atoms with Crippen LogP contribution in [-0.2, 0) is 4.79 Å². The highest BCUT2D eigenvalue weighted by atomic mass is 35.5. The number of halogens is 1. The number of benzene rings is 2. The van der Waals surface area contributed by atoms with Gasteiger partial charge in [-0.3, -0.25) is 14.2 Å². The van der Waals surface area contributed by atoms with Crippen LogP contribution in [0.5, 0.6) is 0 Å². The SMILES string of the molecule is NCCCCC(Sc1nc2ccccc2c(=O)n1-c1cccc(Cl)c1)C(=O)N1CCCC2(CCCNC2)C1. The molecular weight excluding hydrogens is 518 g/mol. The van der Waals surface area contributed by atoms with E-state index in [-0.39, 0.29) is 22.1 Å². The van der Waals surface area contributed by atoms with E-state index in [1.54, 1.807) is 22.8 Å². The summed E-state index contributed by atoms with van der Waals surface area (Å²) in [5.41, 5.74) is 7.06. The second-order valence-corrected chi connectivity index (χ2v) is 12.2. The molecule has 0 radical (unpaired) electrons. The summed E-state index contributed by atoms with van der Waals surface area (Å²) in [5, 5.41) is 4.77. The van der Waals surface area contributed by atoms with Gasteiger partial charge in [-0.05, 0) is 81.9 Å². The normalized spacial score (nSPS) is 20.6. The molecule has 9 heteroatoms. The van der Waals surface area contributed by atoms with Gasteiger partial charge in [0.15, 0.2) is 5.16 Å². The number of likely N-dealkylation sites (tertiary alicyclic amines) is 1. The molecule has 3 heterocycles. The average molecular weight is 554 g/mol. The van der Waals surface area contributed by atoms with Gasteiger partial charge in [0.05, 0.1) is 21.8 Å². The van der Waals surface area contributed by atoms with E-state index in [9.17, 15) is 9.59 Å². The van der Waals surface area contributed by atoms with Crippen LogP contribution >= 0.6 is 23.4 Å². The minimum Gasteiger partial charge on any atom is -0.341 e. The first kappa shape index (κ1) is 27.2. The molecule has 2 fully saturated rings. The van der Waals surface area contributed by atoms with E-state index in [0.717, 1.165) is 64.7 Å². The quantitative estimate of drug-likeness (QED) is 0.240. The van der Waals surface area contributed by atoms with Crippen molar-refractivity contribution in [1.29, 1.82) is 0 Å². The van der Waals surface area contributed by atoms with Crippen molar-refractivity contribution in [2.45, 2.75) is 55.4 Å². The average Bonchev–Trinajstić information content (AvgIpc) is 2.93. The molecule has 1 spiro atoms. The van der Waals surface area contributed by atoms with Crippen molar-refractivity contribution in [2.24, 2.45) is 11.1 Å². The van der Waals surface area contributed by atoms with Crippen molar-refractivity contribution in [1.82, 2.24) is 19.8 Å². The molecule has 1 aromatic heterocycles. The number of nitrogens with zero attached hydrogens (tertiary/aromatic N) is 3. The van der Waals surface area contributed by atoms with Crippen LogP contribution in [-0.4, -0.2) is 58.3 Å². The number of thioether (sulfide) groups is 1. The van der Waals surface area contributed by atoms with Crippen LogP contribution < -0.4 is 16.6 Å². The molecule has 2 unspecified atom stereocenters. The number of carbonyl (C=O) groups is 1. The van der Waals surface area contributed by atoms with Crippen molar-refractivity contribution < 1.29 is 4.79 Å². The van der Waals surface area contributed by atoms with Gasteiger partial charge in [0.25, 0.3) is 5.56 Å². The Hall–Kier alpha value is -2.39. The molecule has 2 aromatic carbocycles. The summed E-state index contributed by atoms with van der Waals surface area (Å²) in [7, 11) is 0. The van der Waals surface area contributed by atoms with E-state index < -0.39 is 0 Å². The van der Waals surface area contributed by atoms with Crippen LogP contribution in [0.3, 0.4) is 0 Å². The maximum Gasteiger partial charge on any atom is 0.266 e. The van der Waals surface area contributed by atoms with Gasteiger partial charge >= 0.3 is 0 Å². The Morgan fingerprint density at radius 1 is 1.16 bits per heavy atom. The third-order valence-corrected chi connectivity index (χ3v) is 9.23. The molecule has 5 rings (SSSR count). The van der Waals surface area contributed by atoms with Gasteiger partial charge < -0.3 is 16.0 Å². The molecule has 2 aliphatic rings. The lowest BCUT2D eigenvalue weighted by Gasteiger charge is -2.46. The van der Waals surface area contributed by atoms with Crippen LogP contribution in [0, 0.1) is 5.41 Å². The zero-order valence-electron chi connectivity index (χ0n) is 21.7. The lowest BCUT2D eigenvalue weighted by Crippen LogP contribution is -2.54. The molecule has 7 nitrogen and oxygen atoms in total. The molecule has 38 heavy (non-hydrogen) atoms. The van der Waals surface area contributed by atoms with Crippen LogP contribution in [0.2, 0.25) is 5.02 Å². The fourth-order valence-corrected chi connectivity index (χ4v) is 7.26. The Morgan fingerprint density at radius 3 is 2.79 bits per heavy atom. The molecule has 0 saturated carbocycles. The number of piperidine rings is 2. The summed E-state index contributed by atoms with van der Waals surface area (Å²) in [6.45, 7) is 4.19. The van der Waals surface area contributed by atoms with Crippen LogP contribution in [0.1, 0.15) is 44.9 Å². The summed E-state index contributed by atoms with van der Waals surface area (Å²) < 4.78 is 1.60. The van der Waals surface area contributed by atoms with Gasteiger partial charge in [-0.15, -0.1) is 0 Å². The van der Waals surface area contributed by atoms with Crippen LogP contribution in [0.25, 0.3) is 16.6 Å². The molecule has 1 amide bonds. The van der Waals surface area contributed by atoms with Crippen LogP contribution in [0.15, 0.2) is 58.5 Å². The minimum absolute atomic E-state index is 0.136. The standard InChI is InChI=1S/C29H36ClN5O2S/c30-21-8-5-9-22(18-21)35-26(36)23-10-1-2-11-24(23)33-28(35)38-25(12-3-4-15-31)27(37)34-17-7-14-29(20-34)13-6-16-32-19-29/h1-2,5,8-11,18,25,32H,3-4,6-7,12-17,19-20,31H2. The summed E-state index contributed by atoms with van der Waals surface area (Å²) in [6.07, 6.45) is 6.88. The number of carbonyl (C=O) groups excluding carboxylic acids is 1. The Morgan fingerprint density at radius 2 is 2.00 bits per heavy atom. The van der Waals surface area contributed by atoms with E-state index in [1.165, 1.54) is 11.8 Å². The van der Waals surface area contributed by atoms with Crippen molar-refractivity contribution in [3.63, 3.8) is 0 Å². The Balaban J connectivity index is 1.51. The zero-order valence-corrected chi connectivity index (χ0v) is 23.3. The number of aromatic nitrogens is 2. The molecule has 202 valence electrons. The zero-order chi connectivity index (χ0) is 26.5. The first-order valence-corrected chi connectivity index (χ1v) is 14.9. The number of amides is 1. The van der Waals surface area contributed by atoms with Gasteiger partial charge in [-0.2, -0.15) is 0 Å². The van der Waals surface area contributed by atoms with Crippen LogP contribution in [0.4, 0.5) is 0 Å². The smallest absolute Gasteiger partial charge is 0.266 e. The van der Waals surface area contributed by atoms with Gasteiger partial charge in [0, 0.05) is 30.1 Å². The van der Waals surface area contributed by atoms with E-state index in [4.69, 9.17) is 22.3 Å². The summed E-state index contributed by atoms with van der Waals surface area (Å²) >= 11 is 7.70. The van der Waals surface area contributed by atoms with Crippen molar-refractivity contribution in [3.8, 4) is 5.69 Å². The summed E-state index contributed by atoms with van der Waals surface area (Å²) in [4.78, 5) is 34.8. The largest absolute Gasteiger partial charge is 0.341 e. The molecule has 3 N–H and O–H groups in total. The number of hydrogen-bond acceptors (Lipinski definition) is 6. The first-order valence-electron chi connectivity index (χ1n) is 13.6. The van der Waals surface area contributed by atoms with Crippen molar-refractivity contribution in [3.05, 3.63) is 63.9 Å². The van der Waals surface area contributed by atoms with Gasteiger partial charge in [-0.25, -0.2) is 4.98 Å². The third-order valence-electron chi connectivity index (χ3n) is 7.79. The van der Waals surface area contributed by atoms with E-state index in [0.29, 0.717) is 39.7 Å². The molecule has 0 aliphatic carbocycles. The van der Waals surface area contributed by atoms with Gasteiger partial charge in [0.2, 0.25) is 5.91 Å². The fourth-order valence-electron chi connectivity index (χ4n) is 5.85. The Bertz CT molecular complexity index is 1330. The fraction of sp³-hybridized carbons (Fsp3) is 0.483.